The first kappa shape index (κ1) is 16.7. The molecule has 0 bridgehead atoms. The van der Waals surface area contributed by atoms with Crippen LogP contribution in [0.2, 0.25) is 0 Å². The number of carbonyl (C=O) groups excluding carboxylic acids is 1. The van der Waals surface area contributed by atoms with Gasteiger partial charge in [-0.05, 0) is 59.2 Å². The van der Waals surface area contributed by atoms with Gasteiger partial charge in [0.05, 0.1) is 7.11 Å². The topological polar surface area (TPSA) is 44.8 Å². The van der Waals surface area contributed by atoms with Gasteiger partial charge in [-0.3, -0.25) is 10.2 Å². The first-order chi connectivity index (χ1) is 9.98. The molecule has 2 rings (SSSR count). The summed E-state index contributed by atoms with van der Waals surface area (Å²) < 4.78 is 5.17. The molecule has 1 saturated carbocycles. The van der Waals surface area contributed by atoms with Gasteiger partial charge in [0.15, 0.2) is 0 Å². The SMILES string of the molecule is COC(=O)C(CN1CCCN(C)CC1)(NC(C)C)C1CC1. The van der Waals surface area contributed by atoms with Gasteiger partial charge < -0.3 is 9.64 Å². The van der Waals surface area contributed by atoms with E-state index in [0.717, 1.165) is 45.6 Å². The molecule has 1 unspecified atom stereocenters. The van der Waals surface area contributed by atoms with E-state index in [0.29, 0.717) is 5.92 Å². The summed E-state index contributed by atoms with van der Waals surface area (Å²) in [6, 6.07) is 0.277. The van der Waals surface area contributed by atoms with Crippen molar-refractivity contribution in [2.24, 2.45) is 5.92 Å². The van der Waals surface area contributed by atoms with E-state index in [1.165, 1.54) is 13.5 Å². The summed E-state index contributed by atoms with van der Waals surface area (Å²) in [5.41, 5.74) is -0.522. The van der Waals surface area contributed by atoms with Crippen LogP contribution in [-0.2, 0) is 9.53 Å². The molecule has 122 valence electrons. The Kier molecular flexibility index (Phi) is 5.63. The second-order valence-electron chi connectivity index (χ2n) is 6.97. The van der Waals surface area contributed by atoms with Crippen LogP contribution < -0.4 is 5.32 Å². The standard InChI is InChI=1S/C16H31N3O2/c1-13(2)17-16(14-6-7-14,15(20)21-4)12-19-9-5-8-18(3)10-11-19/h13-14,17H,5-12H2,1-4H3. The number of ether oxygens (including phenoxy) is 1. The van der Waals surface area contributed by atoms with Gasteiger partial charge in [0.25, 0.3) is 0 Å². The third-order valence-electron chi connectivity index (χ3n) is 4.66. The summed E-state index contributed by atoms with van der Waals surface area (Å²) in [6.45, 7) is 9.30. The Morgan fingerprint density at radius 1 is 1.29 bits per heavy atom. The molecule has 1 aliphatic heterocycles. The van der Waals surface area contributed by atoms with Crippen molar-refractivity contribution in [1.29, 1.82) is 0 Å². The lowest BCUT2D eigenvalue weighted by Crippen LogP contribution is -2.63. The van der Waals surface area contributed by atoms with E-state index < -0.39 is 5.54 Å². The fourth-order valence-corrected chi connectivity index (χ4v) is 3.47. The Bertz CT molecular complexity index is 357. The van der Waals surface area contributed by atoms with Gasteiger partial charge in [-0.25, -0.2) is 4.79 Å². The molecular weight excluding hydrogens is 266 g/mol. The normalized spacial score (nSPS) is 24.6. The maximum Gasteiger partial charge on any atom is 0.327 e. The quantitative estimate of drug-likeness (QED) is 0.739. The molecule has 0 amide bonds. The lowest BCUT2D eigenvalue weighted by molar-refractivity contribution is -0.151. The van der Waals surface area contributed by atoms with E-state index in [9.17, 15) is 4.79 Å². The zero-order chi connectivity index (χ0) is 15.5. The molecule has 1 N–H and O–H groups in total. The Hall–Kier alpha value is -0.650. The summed E-state index contributed by atoms with van der Waals surface area (Å²) >= 11 is 0. The Balaban J connectivity index is 2.12. The van der Waals surface area contributed by atoms with Crippen LogP contribution in [0.15, 0.2) is 0 Å². The summed E-state index contributed by atoms with van der Waals surface area (Å²) in [6.07, 6.45) is 3.42. The van der Waals surface area contributed by atoms with Crippen molar-refractivity contribution in [3.8, 4) is 0 Å². The highest BCUT2D eigenvalue weighted by Gasteiger charge is 2.52. The van der Waals surface area contributed by atoms with Crippen LogP contribution in [0.4, 0.5) is 0 Å². The number of nitrogens with zero attached hydrogens (tertiary/aromatic N) is 2. The summed E-state index contributed by atoms with van der Waals surface area (Å²) in [4.78, 5) is 17.4. The van der Waals surface area contributed by atoms with Crippen molar-refractivity contribution in [2.45, 2.75) is 44.7 Å². The van der Waals surface area contributed by atoms with Crippen molar-refractivity contribution in [3.05, 3.63) is 0 Å². The van der Waals surface area contributed by atoms with E-state index in [2.05, 4.69) is 36.0 Å². The van der Waals surface area contributed by atoms with Crippen LogP contribution in [0.5, 0.6) is 0 Å². The molecule has 0 aromatic carbocycles. The third kappa shape index (κ3) is 4.18. The molecule has 5 nitrogen and oxygen atoms in total. The maximum atomic E-state index is 12.6. The molecule has 2 fully saturated rings. The van der Waals surface area contributed by atoms with Crippen molar-refractivity contribution in [3.63, 3.8) is 0 Å². The molecule has 5 heteroatoms. The van der Waals surface area contributed by atoms with Gasteiger partial charge in [-0.2, -0.15) is 0 Å². The number of likely N-dealkylation sites (N-methyl/N-ethyl adjacent to an activating group) is 1. The predicted molar refractivity (Wildman–Crippen MR) is 84.3 cm³/mol. The van der Waals surface area contributed by atoms with Crippen LogP contribution in [0.25, 0.3) is 0 Å². The number of methoxy groups -OCH3 is 1. The molecule has 0 radical (unpaired) electrons. The van der Waals surface area contributed by atoms with E-state index in [4.69, 9.17) is 4.74 Å². The first-order valence-electron chi connectivity index (χ1n) is 8.25. The number of carbonyl (C=O) groups is 1. The average molecular weight is 297 g/mol. The van der Waals surface area contributed by atoms with E-state index in [-0.39, 0.29) is 12.0 Å². The van der Waals surface area contributed by atoms with Crippen LogP contribution in [-0.4, -0.2) is 74.2 Å². The van der Waals surface area contributed by atoms with Crippen LogP contribution in [0.3, 0.4) is 0 Å². The van der Waals surface area contributed by atoms with Gasteiger partial charge in [0.1, 0.15) is 5.54 Å². The Labute approximate surface area is 129 Å². The predicted octanol–water partition coefficient (Wildman–Crippen LogP) is 0.944. The molecule has 1 heterocycles. The van der Waals surface area contributed by atoms with Crippen molar-refractivity contribution >= 4 is 5.97 Å². The highest BCUT2D eigenvalue weighted by molar-refractivity contribution is 5.82. The van der Waals surface area contributed by atoms with Crippen molar-refractivity contribution < 1.29 is 9.53 Å². The van der Waals surface area contributed by atoms with E-state index >= 15 is 0 Å². The van der Waals surface area contributed by atoms with Crippen molar-refractivity contribution in [1.82, 2.24) is 15.1 Å². The van der Waals surface area contributed by atoms with Crippen LogP contribution in [0, 0.1) is 5.92 Å². The van der Waals surface area contributed by atoms with E-state index in [1.54, 1.807) is 0 Å². The summed E-state index contributed by atoms with van der Waals surface area (Å²) in [5, 5.41) is 3.56. The minimum atomic E-state index is -0.522. The molecule has 2 aliphatic rings. The Morgan fingerprint density at radius 2 is 2.00 bits per heavy atom. The zero-order valence-electron chi connectivity index (χ0n) is 14.0. The van der Waals surface area contributed by atoms with Crippen molar-refractivity contribution in [2.75, 3.05) is 46.9 Å². The maximum absolute atomic E-state index is 12.6. The zero-order valence-corrected chi connectivity index (χ0v) is 14.0. The number of esters is 1. The molecule has 1 saturated heterocycles. The number of nitrogens with one attached hydrogen (secondary N) is 1. The largest absolute Gasteiger partial charge is 0.468 e. The summed E-state index contributed by atoms with van der Waals surface area (Å²) in [7, 11) is 3.68. The highest BCUT2D eigenvalue weighted by Crippen LogP contribution is 2.41. The second-order valence-corrected chi connectivity index (χ2v) is 6.97. The van der Waals surface area contributed by atoms with Gasteiger partial charge in [-0.15, -0.1) is 0 Å². The smallest absolute Gasteiger partial charge is 0.327 e. The van der Waals surface area contributed by atoms with Gasteiger partial charge in [0, 0.05) is 25.7 Å². The monoisotopic (exact) mass is 297 g/mol. The average Bonchev–Trinajstić information content (AvgIpc) is 3.26. The molecule has 1 atom stereocenters. The molecule has 0 spiro atoms. The number of hydrogen-bond acceptors (Lipinski definition) is 5. The minimum Gasteiger partial charge on any atom is -0.468 e. The van der Waals surface area contributed by atoms with Gasteiger partial charge >= 0.3 is 5.97 Å². The van der Waals surface area contributed by atoms with Crippen LogP contribution >= 0.6 is 0 Å². The molecular formula is C16H31N3O2. The lowest BCUT2D eigenvalue weighted by atomic mass is 9.91. The second kappa shape index (κ2) is 7.07. The summed E-state index contributed by atoms with van der Waals surface area (Å²) in [5.74, 6) is 0.338. The molecule has 1 aliphatic carbocycles. The number of hydrogen-bond donors (Lipinski definition) is 1. The van der Waals surface area contributed by atoms with Gasteiger partial charge in [-0.1, -0.05) is 0 Å². The Morgan fingerprint density at radius 3 is 2.57 bits per heavy atom. The first-order valence-corrected chi connectivity index (χ1v) is 8.25. The molecule has 21 heavy (non-hydrogen) atoms. The highest BCUT2D eigenvalue weighted by atomic mass is 16.5. The van der Waals surface area contributed by atoms with E-state index in [1.807, 2.05) is 0 Å². The third-order valence-corrected chi connectivity index (χ3v) is 4.66. The van der Waals surface area contributed by atoms with Crippen LogP contribution in [0.1, 0.15) is 33.1 Å². The fourth-order valence-electron chi connectivity index (χ4n) is 3.47. The lowest BCUT2D eigenvalue weighted by Gasteiger charge is -2.38. The molecule has 0 aromatic heterocycles. The minimum absolute atomic E-state index is 0.0868. The van der Waals surface area contributed by atoms with Gasteiger partial charge in [0.2, 0.25) is 0 Å². The number of rotatable bonds is 6. The molecule has 0 aromatic rings. The fraction of sp³-hybridized carbons (Fsp3) is 0.938.